The van der Waals surface area contributed by atoms with Crippen LogP contribution in [0.2, 0.25) is 0 Å². The summed E-state index contributed by atoms with van der Waals surface area (Å²) < 4.78 is 10.9. The molecule has 0 aromatic heterocycles. The van der Waals surface area contributed by atoms with Crippen molar-refractivity contribution < 1.29 is 23.9 Å². The standard InChI is InChI=1S/C25H30N2O5/c1-25(2,3)32-23(29)21(13-8-14-22(26)28)27-24(30)31-15-20-18-11-6-4-9-16(18)17-10-5-7-12-19(17)20/h4-7,9-12,20-21H,8,13-15H2,1-3H3,(H2,26,28)(H,27,30). The van der Waals surface area contributed by atoms with Gasteiger partial charge in [0, 0.05) is 12.3 Å². The average Bonchev–Trinajstić information content (AvgIpc) is 3.04. The molecule has 1 unspecified atom stereocenters. The average molecular weight is 439 g/mol. The first-order chi connectivity index (χ1) is 15.2. The lowest BCUT2D eigenvalue weighted by Crippen LogP contribution is -2.44. The van der Waals surface area contributed by atoms with Crippen molar-refractivity contribution in [2.24, 2.45) is 5.73 Å². The molecular weight excluding hydrogens is 408 g/mol. The number of carbonyl (C=O) groups excluding carboxylic acids is 3. The van der Waals surface area contributed by atoms with Crippen LogP contribution in [0.3, 0.4) is 0 Å². The third kappa shape index (κ3) is 5.87. The summed E-state index contributed by atoms with van der Waals surface area (Å²) in [6.45, 7) is 5.39. The fraction of sp³-hybridized carbons (Fsp3) is 0.400. The van der Waals surface area contributed by atoms with Crippen molar-refractivity contribution in [2.45, 2.75) is 57.6 Å². The van der Waals surface area contributed by atoms with Crippen LogP contribution in [-0.4, -0.2) is 36.2 Å². The zero-order chi connectivity index (χ0) is 23.3. The van der Waals surface area contributed by atoms with Crippen molar-refractivity contribution >= 4 is 18.0 Å². The Morgan fingerprint density at radius 1 is 1.00 bits per heavy atom. The minimum atomic E-state index is -0.927. The molecule has 0 saturated carbocycles. The van der Waals surface area contributed by atoms with Crippen LogP contribution in [0.4, 0.5) is 4.79 Å². The van der Waals surface area contributed by atoms with Crippen LogP contribution >= 0.6 is 0 Å². The lowest BCUT2D eigenvalue weighted by atomic mass is 9.98. The van der Waals surface area contributed by atoms with Crippen molar-refractivity contribution in [1.82, 2.24) is 5.32 Å². The number of rotatable bonds is 8. The molecule has 3 rings (SSSR count). The second kappa shape index (κ2) is 9.85. The molecule has 2 amide bonds. The van der Waals surface area contributed by atoms with Gasteiger partial charge in [-0.25, -0.2) is 9.59 Å². The Balaban J connectivity index is 1.66. The summed E-state index contributed by atoms with van der Waals surface area (Å²) in [6.07, 6.45) is -0.0156. The normalized spacial score (nSPS) is 13.6. The summed E-state index contributed by atoms with van der Waals surface area (Å²) in [5.74, 6) is -1.12. The molecule has 3 N–H and O–H groups in total. The van der Waals surface area contributed by atoms with Crippen LogP contribution in [0, 0.1) is 0 Å². The van der Waals surface area contributed by atoms with Crippen LogP contribution in [0.1, 0.15) is 57.1 Å². The van der Waals surface area contributed by atoms with E-state index in [1.807, 2.05) is 36.4 Å². The van der Waals surface area contributed by atoms with E-state index in [-0.39, 0.29) is 25.4 Å². The van der Waals surface area contributed by atoms with Crippen molar-refractivity contribution in [3.63, 3.8) is 0 Å². The number of hydrogen-bond acceptors (Lipinski definition) is 5. The highest BCUT2D eigenvalue weighted by atomic mass is 16.6. The van der Waals surface area contributed by atoms with Gasteiger partial charge in [-0.15, -0.1) is 0 Å². The predicted molar refractivity (Wildman–Crippen MR) is 121 cm³/mol. The topological polar surface area (TPSA) is 108 Å². The molecule has 0 fully saturated rings. The maximum absolute atomic E-state index is 12.6. The van der Waals surface area contributed by atoms with Gasteiger partial charge in [0.25, 0.3) is 0 Å². The fourth-order valence-corrected chi connectivity index (χ4v) is 3.88. The zero-order valence-electron chi connectivity index (χ0n) is 18.7. The van der Waals surface area contributed by atoms with Crippen LogP contribution in [0.5, 0.6) is 0 Å². The van der Waals surface area contributed by atoms with Gasteiger partial charge in [0.1, 0.15) is 18.2 Å². The summed E-state index contributed by atoms with van der Waals surface area (Å²) in [4.78, 5) is 36.2. The van der Waals surface area contributed by atoms with E-state index in [1.165, 1.54) is 0 Å². The van der Waals surface area contributed by atoms with Crippen molar-refractivity contribution in [2.75, 3.05) is 6.61 Å². The van der Waals surface area contributed by atoms with Crippen LogP contribution in [0.25, 0.3) is 11.1 Å². The third-order valence-corrected chi connectivity index (χ3v) is 5.24. The number of esters is 1. The van der Waals surface area contributed by atoms with E-state index in [0.29, 0.717) is 6.42 Å². The molecule has 2 aromatic carbocycles. The van der Waals surface area contributed by atoms with Crippen LogP contribution in [0.15, 0.2) is 48.5 Å². The smallest absolute Gasteiger partial charge is 0.407 e. The second-order valence-corrected chi connectivity index (χ2v) is 8.91. The number of nitrogens with two attached hydrogens (primary N) is 1. The van der Waals surface area contributed by atoms with E-state index in [2.05, 4.69) is 17.4 Å². The van der Waals surface area contributed by atoms with E-state index in [1.54, 1.807) is 20.8 Å². The third-order valence-electron chi connectivity index (χ3n) is 5.24. The number of primary amides is 1. The van der Waals surface area contributed by atoms with Gasteiger partial charge in [0.05, 0.1) is 0 Å². The Morgan fingerprint density at radius 2 is 1.56 bits per heavy atom. The quantitative estimate of drug-likeness (QED) is 0.608. The van der Waals surface area contributed by atoms with Crippen molar-refractivity contribution in [1.29, 1.82) is 0 Å². The van der Waals surface area contributed by atoms with E-state index in [4.69, 9.17) is 15.2 Å². The SMILES string of the molecule is CC(C)(C)OC(=O)C(CCCC(N)=O)NC(=O)OCC1c2ccccc2-c2ccccc21. The number of fused-ring (bicyclic) bond motifs is 3. The van der Waals surface area contributed by atoms with Gasteiger partial charge in [-0.3, -0.25) is 4.79 Å². The van der Waals surface area contributed by atoms with Gasteiger partial charge in [-0.2, -0.15) is 0 Å². The maximum Gasteiger partial charge on any atom is 0.407 e. The first kappa shape index (κ1) is 23.3. The Kier molecular flexibility index (Phi) is 7.18. The Bertz CT molecular complexity index is 950. The maximum atomic E-state index is 12.6. The minimum absolute atomic E-state index is 0.0806. The molecule has 1 aliphatic carbocycles. The molecular formula is C25H30N2O5. The van der Waals surface area contributed by atoms with Gasteiger partial charge in [0.2, 0.25) is 5.91 Å². The highest BCUT2D eigenvalue weighted by Gasteiger charge is 2.30. The minimum Gasteiger partial charge on any atom is -0.458 e. The van der Waals surface area contributed by atoms with Crippen molar-refractivity contribution in [3.8, 4) is 11.1 Å². The summed E-state index contributed by atoms with van der Waals surface area (Å²) in [5, 5.41) is 2.60. The highest BCUT2D eigenvalue weighted by molar-refractivity contribution is 5.82. The molecule has 7 heteroatoms. The lowest BCUT2D eigenvalue weighted by molar-refractivity contribution is -0.157. The zero-order valence-corrected chi connectivity index (χ0v) is 18.7. The molecule has 0 heterocycles. The summed E-state index contributed by atoms with van der Waals surface area (Å²) >= 11 is 0. The number of alkyl carbamates (subject to hydrolysis) is 1. The first-order valence-electron chi connectivity index (χ1n) is 10.8. The number of nitrogens with one attached hydrogen (secondary N) is 1. The van der Waals surface area contributed by atoms with Gasteiger partial charge in [-0.05, 0) is 55.9 Å². The molecule has 1 atom stereocenters. The fourth-order valence-electron chi connectivity index (χ4n) is 3.88. The largest absolute Gasteiger partial charge is 0.458 e. The predicted octanol–water partition coefficient (Wildman–Crippen LogP) is 3.89. The molecule has 7 nitrogen and oxygen atoms in total. The molecule has 0 aliphatic heterocycles. The van der Waals surface area contributed by atoms with Gasteiger partial charge in [-0.1, -0.05) is 48.5 Å². The van der Waals surface area contributed by atoms with Crippen LogP contribution < -0.4 is 11.1 Å². The Morgan fingerprint density at radius 3 is 2.09 bits per heavy atom. The molecule has 0 radical (unpaired) electrons. The molecule has 32 heavy (non-hydrogen) atoms. The number of hydrogen-bond donors (Lipinski definition) is 2. The van der Waals surface area contributed by atoms with Gasteiger partial charge in [0.15, 0.2) is 0 Å². The van der Waals surface area contributed by atoms with E-state index in [0.717, 1.165) is 22.3 Å². The Labute approximate surface area is 188 Å². The second-order valence-electron chi connectivity index (χ2n) is 8.91. The molecule has 170 valence electrons. The molecule has 1 aliphatic rings. The number of benzene rings is 2. The molecule has 0 bridgehead atoms. The van der Waals surface area contributed by atoms with Gasteiger partial charge >= 0.3 is 12.1 Å². The highest BCUT2D eigenvalue weighted by Crippen LogP contribution is 2.44. The van der Waals surface area contributed by atoms with E-state index in [9.17, 15) is 14.4 Å². The van der Waals surface area contributed by atoms with Crippen molar-refractivity contribution in [3.05, 3.63) is 59.7 Å². The van der Waals surface area contributed by atoms with E-state index < -0.39 is 29.6 Å². The lowest BCUT2D eigenvalue weighted by Gasteiger charge is -2.24. The van der Waals surface area contributed by atoms with Gasteiger partial charge < -0.3 is 20.5 Å². The number of carbonyl (C=O) groups is 3. The summed E-state index contributed by atoms with van der Waals surface area (Å²) in [7, 11) is 0. The molecule has 0 spiro atoms. The summed E-state index contributed by atoms with van der Waals surface area (Å²) in [5.41, 5.74) is 8.96. The number of ether oxygens (including phenoxy) is 2. The number of amides is 2. The Hall–Kier alpha value is -3.35. The van der Waals surface area contributed by atoms with E-state index >= 15 is 0 Å². The summed E-state index contributed by atoms with van der Waals surface area (Å²) in [6, 6.07) is 15.2. The molecule has 2 aromatic rings. The molecule has 0 saturated heterocycles. The first-order valence-corrected chi connectivity index (χ1v) is 10.8. The van der Waals surface area contributed by atoms with Crippen LogP contribution in [-0.2, 0) is 19.1 Å². The monoisotopic (exact) mass is 438 g/mol.